The van der Waals surface area contributed by atoms with Gasteiger partial charge in [0.05, 0.1) is 19.1 Å². The quantitative estimate of drug-likeness (QED) is 0.944. The molecule has 1 aliphatic rings. The van der Waals surface area contributed by atoms with Crippen LogP contribution in [0.4, 0.5) is 0 Å². The van der Waals surface area contributed by atoms with Gasteiger partial charge in [-0.2, -0.15) is 0 Å². The van der Waals surface area contributed by atoms with Crippen LogP contribution in [0.25, 0.3) is 5.69 Å². The Kier molecular flexibility index (Phi) is 3.57. The van der Waals surface area contributed by atoms with Crippen molar-refractivity contribution in [1.29, 1.82) is 0 Å². The molecule has 1 aromatic heterocycles. The van der Waals surface area contributed by atoms with Gasteiger partial charge in [0.2, 0.25) is 0 Å². The minimum absolute atomic E-state index is 0.535. The number of nitrogens with zero attached hydrogens (tertiary/aromatic N) is 2. The number of nitrogens with one attached hydrogen (secondary N) is 1. The summed E-state index contributed by atoms with van der Waals surface area (Å²) in [5, 5.41) is 3.40. The number of imidazole rings is 1. The van der Waals surface area contributed by atoms with Gasteiger partial charge in [-0.15, -0.1) is 0 Å². The molecule has 1 atom stereocenters. The third kappa shape index (κ3) is 2.53. The van der Waals surface area contributed by atoms with Gasteiger partial charge in [0.15, 0.2) is 0 Å². The third-order valence-electron chi connectivity index (χ3n) is 3.52. The molecule has 19 heavy (non-hydrogen) atoms. The Hall–Kier alpha value is -1.33. The van der Waals surface area contributed by atoms with E-state index >= 15 is 0 Å². The second-order valence-corrected chi connectivity index (χ2v) is 5.64. The molecule has 0 amide bonds. The lowest BCUT2D eigenvalue weighted by molar-refractivity contribution is 0.414. The first-order valence-corrected chi connectivity index (χ1v) is 7.15. The summed E-state index contributed by atoms with van der Waals surface area (Å²) in [6.07, 6.45) is 5.00. The Morgan fingerprint density at radius 1 is 1.42 bits per heavy atom. The number of rotatable bonds is 3. The lowest BCUT2D eigenvalue weighted by Gasteiger charge is -2.14. The number of hydrogen-bond acceptors (Lipinski definition) is 3. The molecule has 1 unspecified atom stereocenters. The predicted molar refractivity (Wildman–Crippen MR) is 78.0 cm³/mol. The fourth-order valence-electron chi connectivity index (χ4n) is 2.54. The van der Waals surface area contributed by atoms with Crippen LogP contribution < -0.4 is 10.1 Å². The summed E-state index contributed by atoms with van der Waals surface area (Å²) in [6.45, 7) is 2.11. The first kappa shape index (κ1) is 12.7. The molecule has 5 heteroatoms. The molecule has 0 saturated carbocycles. The molecular weight excluding hydrogens is 306 g/mol. The van der Waals surface area contributed by atoms with Crippen molar-refractivity contribution < 1.29 is 4.74 Å². The van der Waals surface area contributed by atoms with Crippen LogP contribution in [-0.4, -0.2) is 29.8 Å². The van der Waals surface area contributed by atoms with Crippen LogP contribution in [0, 0.1) is 0 Å². The van der Waals surface area contributed by atoms with E-state index in [4.69, 9.17) is 4.74 Å². The molecule has 1 fully saturated rings. The zero-order valence-electron chi connectivity index (χ0n) is 10.8. The van der Waals surface area contributed by atoms with Crippen LogP contribution in [0.2, 0.25) is 0 Å². The van der Waals surface area contributed by atoms with Crippen molar-refractivity contribution in [2.75, 3.05) is 20.2 Å². The first-order valence-electron chi connectivity index (χ1n) is 6.36. The topological polar surface area (TPSA) is 39.1 Å². The number of ether oxygens (including phenoxy) is 1. The van der Waals surface area contributed by atoms with Crippen LogP contribution in [0.3, 0.4) is 0 Å². The third-order valence-corrected chi connectivity index (χ3v) is 3.97. The standard InChI is InChI=1S/C14H16BrN3O/c1-19-13-5-11(15)4-12(6-13)18-9-17-8-14(18)10-2-3-16-7-10/h4-6,8-10,16H,2-3,7H2,1H3. The highest BCUT2D eigenvalue weighted by molar-refractivity contribution is 9.10. The summed E-state index contributed by atoms with van der Waals surface area (Å²) in [4.78, 5) is 4.31. The van der Waals surface area contributed by atoms with Gasteiger partial charge in [0, 0.05) is 34.9 Å². The Morgan fingerprint density at radius 2 is 2.32 bits per heavy atom. The van der Waals surface area contributed by atoms with Crippen molar-refractivity contribution in [2.45, 2.75) is 12.3 Å². The summed E-state index contributed by atoms with van der Waals surface area (Å²) in [7, 11) is 1.68. The van der Waals surface area contributed by atoms with E-state index in [0.717, 1.165) is 35.4 Å². The lowest BCUT2D eigenvalue weighted by Crippen LogP contribution is -2.10. The largest absolute Gasteiger partial charge is 0.497 e. The van der Waals surface area contributed by atoms with E-state index in [2.05, 4.69) is 36.9 Å². The average Bonchev–Trinajstić information content (AvgIpc) is 3.08. The van der Waals surface area contributed by atoms with E-state index in [1.807, 2.05) is 24.7 Å². The highest BCUT2D eigenvalue weighted by Crippen LogP contribution is 2.28. The smallest absolute Gasteiger partial charge is 0.122 e. The number of halogens is 1. The molecule has 1 aromatic carbocycles. The van der Waals surface area contributed by atoms with Crippen molar-refractivity contribution in [3.63, 3.8) is 0 Å². The van der Waals surface area contributed by atoms with Gasteiger partial charge in [0.1, 0.15) is 5.75 Å². The second kappa shape index (κ2) is 5.35. The fourth-order valence-corrected chi connectivity index (χ4v) is 3.00. The van der Waals surface area contributed by atoms with E-state index in [-0.39, 0.29) is 0 Å². The maximum Gasteiger partial charge on any atom is 0.122 e. The Morgan fingerprint density at radius 3 is 3.05 bits per heavy atom. The zero-order chi connectivity index (χ0) is 13.2. The van der Waals surface area contributed by atoms with Crippen molar-refractivity contribution in [1.82, 2.24) is 14.9 Å². The molecule has 3 rings (SSSR count). The van der Waals surface area contributed by atoms with Crippen LogP contribution >= 0.6 is 15.9 Å². The Labute approximate surface area is 120 Å². The van der Waals surface area contributed by atoms with Gasteiger partial charge < -0.3 is 14.6 Å². The molecular formula is C14H16BrN3O. The van der Waals surface area contributed by atoms with Crippen molar-refractivity contribution in [3.8, 4) is 11.4 Å². The Bertz CT molecular complexity index is 576. The molecule has 2 aromatic rings. The van der Waals surface area contributed by atoms with E-state index in [0.29, 0.717) is 5.92 Å². The van der Waals surface area contributed by atoms with Crippen LogP contribution in [-0.2, 0) is 0 Å². The molecule has 4 nitrogen and oxygen atoms in total. The van der Waals surface area contributed by atoms with Crippen LogP contribution in [0.1, 0.15) is 18.0 Å². The zero-order valence-corrected chi connectivity index (χ0v) is 12.4. The lowest BCUT2D eigenvalue weighted by atomic mass is 10.1. The monoisotopic (exact) mass is 321 g/mol. The second-order valence-electron chi connectivity index (χ2n) is 4.73. The molecule has 1 saturated heterocycles. The molecule has 100 valence electrons. The molecule has 1 aliphatic heterocycles. The van der Waals surface area contributed by atoms with E-state index < -0.39 is 0 Å². The predicted octanol–water partition coefficient (Wildman–Crippen LogP) is 2.72. The van der Waals surface area contributed by atoms with Crippen molar-refractivity contribution in [2.24, 2.45) is 0 Å². The average molecular weight is 322 g/mol. The molecule has 2 heterocycles. The summed E-state index contributed by atoms with van der Waals surface area (Å²) < 4.78 is 8.47. The Balaban J connectivity index is 2.02. The van der Waals surface area contributed by atoms with Gasteiger partial charge in [0.25, 0.3) is 0 Å². The number of hydrogen-bond donors (Lipinski definition) is 1. The summed E-state index contributed by atoms with van der Waals surface area (Å²) in [5.74, 6) is 1.38. The minimum Gasteiger partial charge on any atom is -0.497 e. The van der Waals surface area contributed by atoms with Gasteiger partial charge >= 0.3 is 0 Å². The van der Waals surface area contributed by atoms with E-state index in [9.17, 15) is 0 Å². The van der Waals surface area contributed by atoms with Gasteiger partial charge in [-0.25, -0.2) is 4.98 Å². The number of aromatic nitrogens is 2. The highest BCUT2D eigenvalue weighted by Gasteiger charge is 2.20. The van der Waals surface area contributed by atoms with Crippen molar-refractivity contribution in [3.05, 3.63) is 40.9 Å². The molecule has 1 N–H and O–H groups in total. The molecule has 0 aliphatic carbocycles. The molecule has 0 radical (unpaired) electrons. The van der Waals surface area contributed by atoms with Crippen LogP contribution in [0.5, 0.6) is 5.75 Å². The number of benzene rings is 1. The van der Waals surface area contributed by atoms with Gasteiger partial charge in [-0.3, -0.25) is 0 Å². The highest BCUT2D eigenvalue weighted by atomic mass is 79.9. The summed E-state index contributed by atoms with van der Waals surface area (Å²) in [5.41, 5.74) is 2.33. The SMILES string of the molecule is COc1cc(Br)cc(-n2cncc2C2CCNC2)c1. The van der Waals surface area contributed by atoms with Crippen molar-refractivity contribution >= 4 is 15.9 Å². The van der Waals surface area contributed by atoms with E-state index in [1.54, 1.807) is 7.11 Å². The van der Waals surface area contributed by atoms with Gasteiger partial charge in [-0.05, 0) is 25.1 Å². The summed E-state index contributed by atoms with van der Waals surface area (Å²) in [6, 6.07) is 6.06. The fraction of sp³-hybridized carbons (Fsp3) is 0.357. The summed E-state index contributed by atoms with van der Waals surface area (Å²) >= 11 is 3.52. The number of methoxy groups -OCH3 is 1. The normalized spacial score (nSPS) is 18.7. The maximum absolute atomic E-state index is 5.32. The molecule has 0 bridgehead atoms. The molecule has 0 spiro atoms. The van der Waals surface area contributed by atoms with Crippen LogP contribution in [0.15, 0.2) is 35.2 Å². The minimum atomic E-state index is 0.535. The first-order chi connectivity index (χ1) is 9.28. The van der Waals surface area contributed by atoms with Gasteiger partial charge in [-0.1, -0.05) is 15.9 Å². The maximum atomic E-state index is 5.32. The van der Waals surface area contributed by atoms with E-state index in [1.165, 1.54) is 5.69 Å².